The van der Waals surface area contributed by atoms with Crippen molar-refractivity contribution < 1.29 is 19.1 Å². The number of primary amides is 1. The summed E-state index contributed by atoms with van der Waals surface area (Å²) in [5.41, 5.74) is 10.2. The van der Waals surface area contributed by atoms with E-state index in [-0.39, 0.29) is 11.3 Å². The normalized spacial score (nSPS) is 10.8. The van der Waals surface area contributed by atoms with E-state index in [2.05, 4.69) is 5.32 Å². The average Bonchev–Trinajstić information content (AvgIpc) is 2.38. The van der Waals surface area contributed by atoms with E-state index in [9.17, 15) is 9.59 Å². The summed E-state index contributed by atoms with van der Waals surface area (Å²) in [6, 6.07) is 3.02. The number of carbonyl (C=O) groups excluding carboxylic acids is 2. The van der Waals surface area contributed by atoms with Crippen molar-refractivity contribution in [3.63, 3.8) is 0 Å². The third kappa shape index (κ3) is 3.11. The fraction of sp³-hybridized carbons (Fsp3) is 0.385. The van der Waals surface area contributed by atoms with Crippen LogP contribution in [0.25, 0.3) is 0 Å². The SMILES string of the molecule is COc1cc(OC)c(N)c(C(=O)NC(C)(C)C(N)=O)c1. The first kappa shape index (κ1) is 15.6. The highest BCUT2D eigenvalue weighted by Crippen LogP contribution is 2.31. The van der Waals surface area contributed by atoms with Crippen molar-refractivity contribution >= 4 is 17.5 Å². The number of nitrogens with two attached hydrogens (primary N) is 2. The van der Waals surface area contributed by atoms with Crippen LogP contribution in [0.3, 0.4) is 0 Å². The molecule has 1 rings (SSSR count). The van der Waals surface area contributed by atoms with Crippen molar-refractivity contribution in [2.75, 3.05) is 20.0 Å². The van der Waals surface area contributed by atoms with Crippen molar-refractivity contribution in [2.45, 2.75) is 19.4 Å². The van der Waals surface area contributed by atoms with Crippen LogP contribution in [-0.2, 0) is 4.79 Å². The van der Waals surface area contributed by atoms with Gasteiger partial charge in [-0.05, 0) is 19.9 Å². The second-order valence-electron chi connectivity index (χ2n) is 4.73. The number of hydrogen-bond acceptors (Lipinski definition) is 5. The van der Waals surface area contributed by atoms with Gasteiger partial charge in [-0.1, -0.05) is 0 Å². The van der Waals surface area contributed by atoms with Crippen LogP contribution in [0.5, 0.6) is 11.5 Å². The number of carbonyl (C=O) groups is 2. The lowest BCUT2D eigenvalue weighted by Gasteiger charge is -2.23. The Morgan fingerprint density at radius 2 is 1.80 bits per heavy atom. The third-order valence-electron chi connectivity index (χ3n) is 2.86. The fourth-order valence-corrected chi connectivity index (χ4v) is 1.49. The molecule has 2 amide bonds. The summed E-state index contributed by atoms with van der Waals surface area (Å²) in [6.45, 7) is 3.00. The number of benzene rings is 1. The molecule has 20 heavy (non-hydrogen) atoms. The monoisotopic (exact) mass is 281 g/mol. The van der Waals surface area contributed by atoms with Crippen molar-refractivity contribution in [1.82, 2.24) is 5.32 Å². The predicted molar refractivity (Wildman–Crippen MR) is 74.7 cm³/mol. The molecule has 0 unspecified atom stereocenters. The van der Waals surface area contributed by atoms with Gasteiger partial charge in [0.05, 0.1) is 25.5 Å². The first-order chi connectivity index (χ1) is 9.22. The number of anilines is 1. The summed E-state index contributed by atoms with van der Waals surface area (Å²) < 4.78 is 10.2. The molecule has 0 aliphatic carbocycles. The lowest BCUT2D eigenvalue weighted by Crippen LogP contribution is -2.53. The highest BCUT2D eigenvalue weighted by molar-refractivity contribution is 6.03. The van der Waals surface area contributed by atoms with Gasteiger partial charge in [0.2, 0.25) is 5.91 Å². The van der Waals surface area contributed by atoms with Crippen molar-refractivity contribution in [3.05, 3.63) is 17.7 Å². The van der Waals surface area contributed by atoms with Gasteiger partial charge in [0.25, 0.3) is 5.91 Å². The van der Waals surface area contributed by atoms with Gasteiger partial charge in [0.15, 0.2) is 0 Å². The van der Waals surface area contributed by atoms with Crippen LogP contribution >= 0.6 is 0 Å². The predicted octanol–water partition coefficient (Wildman–Crippen LogP) is 0.280. The second-order valence-corrected chi connectivity index (χ2v) is 4.73. The van der Waals surface area contributed by atoms with Gasteiger partial charge in [-0.25, -0.2) is 0 Å². The number of nitrogens with one attached hydrogen (secondary N) is 1. The molecule has 1 aromatic rings. The van der Waals surface area contributed by atoms with Crippen molar-refractivity contribution in [2.24, 2.45) is 5.73 Å². The smallest absolute Gasteiger partial charge is 0.254 e. The van der Waals surface area contributed by atoms with Crippen LogP contribution < -0.4 is 26.3 Å². The van der Waals surface area contributed by atoms with Gasteiger partial charge in [0.1, 0.15) is 17.0 Å². The number of hydrogen-bond donors (Lipinski definition) is 3. The summed E-state index contributed by atoms with van der Waals surface area (Å²) in [5.74, 6) is -0.466. The van der Waals surface area contributed by atoms with Crippen LogP contribution in [0, 0.1) is 0 Å². The molecule has 0 fully saturated rings. The molecule has 0 aliphatic heterocycles. The molecular formula is C13H19N3O4. The molecular weight excluding hydrogens is 262 g/mol. The molecule has 0 bridgehead atoms. The molecule has 0 saturated heterocycles. The lowest BCUT2D eigenvalue weighted by atomic mass is 10.0. The summed E-state index contributed by atoms with van der Waals surface area (Å²) in [5, 5.41) is 2.51. The first-order valence-corrected chi connectivity index (χ1v) is 5.87. The van der Waals surface area contributed by atoms with E-state index < -0.39 is 17.4 Å². The minimum atomic E-state index is -1.19. The van der Waals surface area contributed by atoms with E-state index in [0.717, 1.165) is 0 Å². The number of rotatable bonds is 5. The van der Waals surface area contributed by atoms with Gasteiger partial charge in [-0.2, -0.15) is 0 Å². The molecule has 0 spiro atoms. The van der Waals surface area contributed by atoms with Gasteiger partial charge in [-0.3, -0.25) is 9.59 Å². The summed E-state index contributed by atoms with van der Waals surface area (Å²) >= 11 is 0. The largest absolute Gasteiger partial charge is 0.497 e. The molecule has 7 heteroatoms. The standard InChI is InChI=1S/C13H19N3O4/c1-13(2,12(15)18)16-11(17)8-5-7(19-3)6-9(20-4)10(8)14/h5-6H,14H2,1-4H3,(H2,15,18)(H,16,17). The zero-order chi connectivity index (χ0) is 15.5. The Balaban J connectivity index is 3.19. The van der Waals surface area contributed by atoms with Gasteiger partial charge < -0.3 is 26.3 Å². The highest BCUT2D eigenvalue weighted by Gasteiger charge is 2.28. The summed E-state index contributed by atoms with van der Waals surface area (Å²) in [7, 11) is 2.89. The maximum Gasteiger partial charge on any atom is 0.254 e. The van der Waals surface area contributed by atoms with E-state index in [1.165, 1.54) is 34.1 Å². The van der Waals surface area contributed by atoms with E-state index in [4.69, 9.17) is 20.9 Å². The Kier molecular flexibility index (Phi) is 4.44. The van der Waals surface area contributed by atoms with Crippen molar-refractivity contribution in [1.29, 1.82) is 0 Å². The second kappa shape index (κ2) is 5.68. The minimum Gasteiger partial charge on any atom is -0.497 e. The number of amides is 2. The molecule has 0 aliphatic rings. The van der Waals surface area contributed by atoms with Gasteiger partial charge in [0, 0.05) is 6.07 Å². The van der Waals surface area contributed by atoms with Gasteiger partial charge in [-0.15, -0.1) is 0 Å². The lowest BCUT2D eigenvalue weighted by molar-refractivity contribution is -0.122. The molecule has 0 saturated carbocycles. The van der Waals surface area contributed by atoms with E-state index >= 15 is 0 Å². The quantitative estimate of drug-likeness (QED) is 0.670. The van der Waals surface area contributed by atoms with E-state index in [1.54, 1.807) is 6.07 Å². The Morgan fingerprint density at radius 3 is 2.25 bits per heavy atom. The third-order valence-corrected chi connectivity index (χ3v) is 2.86. The Hall–Kier alpha value is -2.44. The van der Waals surface area contributed by atoms with Crippen LogP contribution in [0.4, 0.5) is 5.69 Å². The Morgan fingerprint density at radius 1 is 1.20 bits per heavy atom. The maximum atomic E-state index is 12.2. The van der Waals surface area contributed by atoms with Crippen LogP contribution in [0.15, 0.2) is 12.1 Å². The zero-order valence-corrected chi connectivity index (χ0v) is 11.9. The van der Waals surface area contributed by atoms with E-state index in [1.807, 2.05) is 0 Å². The van der Waals surface area contributed by atoms with Crippen LogP contribution in [-0.4, -0.2) is 31.6 Å². The molecule has 0 radical (unpaired) electrons. The first-order valence-electron chi connectivity index (χ1n) is 5.87. The number of methoxy groups -OCH3 is 2. The average molecular weight is 281 g/mol. The highest BCUT2D eigenvalue weighted by atomic mass is 16.5. The maximum absolute atomic E-state index is 12.2. The summed E-state index contributed by atoms with van der Waals surface area (Å²) in [4.78, 5) is 23.5. The molecule has 1 aromatic carbocycles. The Bertz CT molecular complexity index is 541. The molecule has 0 heterocycles. The molecule has 0 aromatic heterocycles. The zero-order valence-electron chi connectivity index (χ0n) is 11.9. The molecule has 7 nitrogen and oxygen atoms in total. The molecule has 5 N–H and O–H groups in total. The molecule has 110 valence electrons. The topological polar surface area (TPSA) is 117 Å². The van der Waals surface area contributed by atoms with Crippen molar-refractivity contribution in [3.8, 4) is 11.5 Å². The van der Waals surface area contributed by atoms with E-state index in [0.29, 0.717) is 11.5 Å². The van der Waals surface area contributed by atoms with Gasteiger partial charge >= 0.3 is 0 Å². The number of ether oxygens (including phenoxy) is 2. The van der Waals surface area contributed by atoms with Crippen LogP contribution in [0.2, 0.25) is 0 Å². The fourth-order valence-electron chi connectivity index (χ4n) is 1.49. The minimum absolute atomic E-state index is 0.149. The number of nitrogen functional groups attached to an aromatic ring is 1. The molecule has 0 atom stereocenters. The Labute approximate surface area is 117 Å². The summed E-state index contributed by atoms with van der Waals surface area (Å²) in [6.07, 6.45) is 0. The van der Waals surface area contributed by atoms with Crippen LogP contribution in [0.1, 0.15) is 24.2 Å².